The molecule has 1 rings (SSSR count). The van der Waals surface area contributed by atoms with Gasteiger partial charge in [0.2, 0.25) is 0 Å². The summed E-state index contributed by atoms with van der Waals surface area (Å²) in [4.78, 5) is 2.19. The van der Waals surface area contributed by atoms with Crippen LogP contribution in [0.3, 0.4) is 0 Å². The van der Waals surface area contributed by atoms with E-state index in [-0.39, 0.29) is 20.6 Å². The van der Waals surface area contributed by atoms with Crippen LogP contribution < -0.4 is 0 Å². The molecule has 0 aliphatic carbocycles. The molecule has 3 radical (unpaired) electrons. The molecule has 93 valence electrons. The van der Waals surface area contributed by atoms with E-state index in [0.29, 0.717) is 6.04 Å². The highest BCUT2D eigenvalue weighted by molar-refractivity contribution is 5.75. The zero-order chi connectivity index (χ0) is 12.1. The first-order chi connectivity index (χ1) is 7.52. The second-order valence-corrected chi connectivity index (χ2v) is 4.72. The van der Waals surface area contributed by atoms with E-state index in [1.54, 1.807) is 0 Å². The van der Waals surface area contributed by atoms with Crippen LogP contribution in [0.15, 0.2) is 30.3 Å². The molecular weight excluding hydrogens is 209 g/mol. The Morgan fingerprint density at radius 1 is 1.00 bits per heavy atom. The maximum atomic E-state index is 6.02. The number of hydrogen-bond donors (Lipinski definition) is 0. The minimum absolute atomic E-state index is 0. The third-order valence-electron chi connectivity index (χ3n) is 2.80. The predicted molar refractivity (Wildman–Crippen MR) is 74.3 cm³/mol. The number of likely N-dealkylation sites (N-methyl/N-ethyl adjacent to an activating group) is 1. The Morgan fingerprint density at radius 3 is 1.94 bits per heavy atom. The first-order valence-electron chi connectivity index (χ1n) is 5.89. The third-order valence-corrected chi connectivity index (χ3v) is 2.80. The van der Waals surface area contributed by atoms with E-state index in [2.05, 4.69) is 64.0 Å². The van der Waals surface area contributed by atoms with Crippen LogP contribution in [0.2, 0.25) is 0 Å². The van der Waals surface area contributed by atoms with Gasteiger partial charge < -0.3 is 9.64 Å². The van der Waals surface area contributed by atoms with Gasteiger partial charge in [0.25, 0.3) is 0 Å². The van der Waals surface area contributed by atoms with Gasteiger partial charge in [-0.15, -0.1) is 0 Å². The fourth-order valence-corrected chi connectivity index (χ4v) is 1.68. The van der Waals surface area contributed by atoms with Crippen LogP contribution in [-0.4, -0.2) is 39.6 Å². The molecule has 0 aromatic heterocycles. The van der Waals surface area contributed by atoms with Crippen LogP contribution in [0.1, 0.15) is 32.4 Å². The summed E-state index contributed by atoms with van der Waals surface area (Å²) < 4.78 is 6.02. The zero-order valence-corrected chi connectivity index (χ0v) is 11.6. The molecule has 0 N–H and O–H groups in total. The van der Waals surface area contributed by atoms with Crippen molar-refractivity contribution in [3.63, 3.8) is 0 Å². The Bertz CT molecular complexity index is 300. The van der Waals surface area contributed by atoms with Gasteiger partial charge in [-0.2, -0.15) is 0 Å². The summed E-state index contributed by atoms with van der Waals surface area (Å²) in [5.74, 6) is 0. The van der Waals surface area contributed by atoms with Crippen molar-refractivity contribution in [1.29, 1.82) is 0 Å². The number of hydrogen-bond acceptors (Lipinski definition) is 2. The van der Waals surface area contributed by atoms with Crippen molar-refractivity contribution in [2.75, 3.05) is 14.1 Å². The molecule has 0 aliphatic heterocycles. The van der Waals surface area contributed by atoms with Crippen molar-refractivity contribution in [3.05, 3.63) is 35.9 Å². The van der Waals surface area contributed by atoms with E-state index in [1.807, 2.05) is 6.07 Å². The van der Waals surface area contributed by atoms with E-state index >= 15 is 0 Å². The van der Waals surface area contributed by atoms with Crippen LogP contribution in [0.4, 0.5) is 0 Å². The quantitative estimate of drug-likeness (QED) is 0.724. The van der Waals surface area contributed by atoms with Crippen LogP contribution in [-0.2, 0) is 4.74 Å². The fraction of sp³-hybridized carbons (Fsp3) is 0.571. The molecule has 1 aromatic rings. The summed E-state index contributed by atoms with van der Waals surface area (Å²) in [5.41, 5.74) is 1.25. The Morgan fingerprint density at radius 2 is 1.53 bits per heavy atom. The Hall–Kier alpha value is -0.795. The lowest BCUT2D eigenvalue weighted by Crippen LogP contribution is -2.33. The van der Waals surface area contributed by atoms with Gasteiger partial charge in [-0.1, -0.05) is 30.3 Å². The summed E-state index contributed by atoms with van der Waals surface area (Å²) in [7, 11) is 4.18. The molecule has 0 fully saturated rings. The first-order valence-corrected chi connectivity index (χ1v) is 5.89. The van der Waals surface area contributed by atoms with Gasteiger partial charge in [-0.05, 0) is 40.4 Å². The van der Waals surface area contributed by atoms with Crippen molar-refractivity contribution in [1.82, 2.24) is 4.90 Å². The lowest BCUT2D eigenvalue weighted by atomic mass is 10.0. The highest BCUT2D eigenvalue weighted by Crippen LogP contribution is 2.25. The molecule has 3 heteroatoms. The van der Waals surface area contributed by atoms with Gasteiger partial charge in [0.05, 0.1) is 12.2 Å². The molecule has 0 spiro atoms. The zero-order valence-electron chi connectivity index (χ0n) is 11.6. The number of ether oxygens (including phenoxy) is 1. The maximum absolute atomic E-state index is 6.02. The Kier molecular flexibility index (Phi) is 7.16. The fourth-order valence-electron chi connectivity index (χ4n) is 1.68. The second-order valence-electron chi connectivity index (χ2n) is 4.72. The third kappa shape index (κ3) is 4.92. The highest BCUT2D eigenvalue weighted by Gasteiger charge is 2.22. The van der Waals surface area contributed by atoms with E-state index in [1.165, 1.54) is 5.56 Å². The standard InChI is InChI=1S/C14H23NO.B/c1-11(2)16-14(12(3)15(4)5)13-9-7-6-8-10-13;/h6-12,14H,1-5H3;/t12-,14-;/m1./s1. The van der Waals surface area contributed by atoms with E-state index in [9.17, 15) is 0 Å². The van der Waals surface area contributed by atoms with Crippen molar-refractivity contribution < 1.29 is 4.74 Å². The van der Waals surface area contributed by atoms with Gasteiger partial charge in [0.1, 0.15) is 0 Å². The molecule has 0 saturated carbocycles. The van der Waals surface area contributed by atoms with Gasteiger partial charge in [0, 0.05) is 14.5 Å². The average molecular weight is 232 g/mol. The lowest BCUT2D eigenvalue weighted by molar-refractivity contribution is -0.0329. The van der Waals surface area contributed by atoms with Crippen molar-refractivity contribution in [3.8, 4) is 0 Å². The van der Waals surface area contributed by atoms with Gasteiger partial charge in [-0.25, -0.2) is 0 Å². The number of nitrogens with zero attached hydrogens (tertiary/aromatic N) is 1. The number of benzene rings is 1. The van der Waals surface area contributed by atoms with Crippen molar-refractivity contribution in [2.24, 2.45) is 0 Å². The molecule has 0 bridgehead atoms. The molecule has 0 saturated heterocycles. The van der Waals surface area contributed by atoms with Gasteiger partial charge in [-0.3, -0.25) is 0 Å². The molecule has 2 nitrogen and oxygen atoms in total. The summed E-state index contributed by atoms with van der Waals surface area (Å²) in [5, 5.41) is 0. The summed E-state index contributed by atoms with van der Waals surface area (Å²) in [6.45, 7) is 6.36. The number of rotatable bonds is 5. The van der Waals surface area contributed by atoms with Crippen LogP contribution in [0.25, 0.3) is 0 Å². The normalized spacial score (nSPS) is 14.5. The topological polar surface area (TPSA) is 12.5 Å². The van der Waals surface area contributed by atoms with E-state index in [4.69, 9.17) is 4.74 Å². The molecule has 0 unspecified atom stereocenters. The molecule has 0 heterocycles. The smallest absolute Gasteiger partial charge is 0.0980 e. The first kappa shape index (κ1) is 16.2. The Balaban J connectivity index is 0.00000256. The molecule has 0 amide bonds. The lowest BCUT2D eigenvalue weighted by Gasteiger charge is -2.31. The van der Waals surface area contributed by atoms with E-state index < -0.39 is 0 Å². The average Bonchev–Trinajstić information content (AvgIpc) is 2.26. The summed E-state index contributed by atoms with van der Waals surface area (Å²) in [6, 6.07) is 10.8. The van der Waals surface area contributed by atoms with Gasteiger partial charge >= 0.3 is 0 Å². The monoisotopic (exact) mass is 232 g/mol. The maximum Gasteiger partial charge on any atom is 0.0980 e. The van der Waals surface area contributed by atoms with Gasteiger partial charge in [0.15, 0.2) is 0 Å². The highest BCUT2D eigenvalue weighted by atomic mass is 16.5. The minimum Gasteiger partial charge on any atom is -0.369 e. The molecular formula is C14H23BNO. The molecule has 2 atom stereocenters. The van der Waals surface area contributed by atoms with Crippen molar-refractivity contribution in [2.45, 2.75) is 39.0 Å². The minimum atomic E-state index is 0. The molecule has 1 aromatic carbocycles. The van der Waals surface area contributed by atoms with Crippen LogP contribution in [0, 0.1) is 0 Å². The van der Waals surface area contributed by atoms with Crippen LogP contribution >= 0.6 is 0 Å². The van der Waals surface area contributed by atoms with E-state index in [0.717, 1.165) is 0 Å². The molecule has 17 heavy (non-hydrogen) atoms. The molecule has 0 aliphatic rings. The van der Waals surface area contributed by atoms with Crippen LogP contribution in [0.5, 0.6) is 0 Å². The Labute approximate surface area is 108 Å². The second kappa shape index (κ2) is 7.52. The van der Waals surface area contributed by atoms with Crippen molar-refractivity contribution >= 4 is 8.41 Å². The largest absolute Gasteiger partial charge is 0.369 e. The predicted octanol–water partition coefficient (Wildman–Crippen LogP) is 2.72. The SMILES string of the molecule is CC(C)O[C@@H](c1ccccc1)[C@@H](C)N(C)C.[B]. The summed E-state index contributed by atoms with van der Waals surface area (Å²) >= 11 is 0. The summed E-state index contributed by atoms with van der Waals surface area (Å²) in [6.07, 6.45) is 0.379.